The number of hydrogen-bond acceptors (Lipinski definition) is 5. The molecule has 0 aliphatic rings. The van der Waals surface area contributed by atoms with Crippen molar-refractivity contribution in [3.05, 3.63) is 71.7 Å². The van der Waals surface area contributed by atoms with Gasteiger partial charge in [-0.05, 0) is 37.1 Å². The van der Waals surface area contributed by atoms with E-state index in [1.807, 2.05) is 49.5 Å². The Labute approximate surface area is 163 Å². The van der Waals surface area contributed by atoms with Crippen molar-refractivity contribution < 1.29 is 19.4 Å². The van der Waals surface area contributed by atoms with Gasteiger partial charge in [0.25, 0.3) is 0 Å². The third-order valence-corrected chi connectivity index (χ3v) is 4.08. The Bertz CT molecular complexity index is 892. The molecule has 0 saturated heterocycles. The summed E-state index contributed by atoms with van der Waals surface area (Å²) in [7, 11) is 0. The minimum absolute atomic E-state index is 0.0503. The molecule has 0 atom stereocenters. The lowest BCUT2D eigenvalue weighted by Crippen LogP contribution is -2.01. The minimum Gasteiger partial charge on any atom is -0.489 e. The number of aromatic nitrogens is 3. The van der Waals surface area contributed by atoms with Crippen LogP contribution in [-0.2, 0) is 24.4 Å². The average Bonchev–Trinajstić information content (AvgIpc) is 3.08. The number of aliphatic carboxylic acids is 1. The van der Waals surface area contributed by atoms with Crippen molar-refractivity contribution in [1.82, 2.24) is 14.8 Å². The fourth-order valence-corrected chi connectivity index (χ4v) is 2.73. The number of hydrogen-bond donors (Lipinski definition) is 1. The van der Waals surface area contributed by atoms with Gasteiger partial charge < -0.3 is 14.6 Å². The van der Waals surface area contributed by atoms with E-state index in [1.54, 1.807) is 17.1 Å². The van der Waals surface area contributed by atoms with Crippen LogP contribution in [0.1, 0.15) is 30.0 Å². The second-order valence-corrected chi connectivity index (χ2v) is 6.28. The molecule has 7 heteroatoms. The van der Waals surface area contributed by atoms with Crippen LogP contribution in [-0.4, -0.2) is 32.4 Å². The van der Waals surface area contributed by atoms with Crippen molar-refractivity contribution >= 4 is 5.97 Å². The van der Waals surface area contributed by atoms with Gasteiger partial charge in [0.1, 0.15) is 12.4 Å². The molecule has 0 unspecified atom stereocenters. The molecule has 0 fully saturated rings. The highest BCUT2D eigenvalue weighted by Gasteiger charge is 2.12. The maximum absolute atomic E-state index is 10.8. The van der Waals surface area contributed by atoms with Crippen LogP contribution in [0.2, 0.25) is 0 Å². The number of carboxylic acids is 1. The average molecular weight is 381 g/mol. The molecule has 0 bridgehead atoms. The number of carbonyl (C=O) groups is 1. The van der Waals surface area contributed by atoms with Gasteiger partial charge in [0.15, 0.2) is 0 Å². The second kappa shape index (κ2) is 9.55. The maximum Gasteiger partial charge on any atom is 0.303 e. The van der Waals surface area contributed by atoms with E-state index in [1.165, 1.54) is 0 Å². The summed E-state index contributed by atoms with van der Waals surface area (Å²) >= 11 is 0. The highest BCUT2D eigenvalue weighted by atomic mass is 16.5. The van der Waals surface area contributed by atoms with E-state index in [-0.39, 0.29) is 6.42 Å². The summed E-state index contributed by atoms with van der Waals surface area (Å²) < 4.78 is 13.1. The van der Waals surface area contributed by atoms with Crippen molar-refractivity contribution in [2.45, 2.75) is 32.9 Å². The van der Waals surface area contributed by atoms with Crippen LogP contribution < -0.4 is 9.47 Å². The number of benzene rings is 1. The van der Waals surface area contributed by atoms with E-state index < -0.39 is 5.97 Å². The molecule has 7 nitrogen and oxygen atoms in total. The number of ether oxygens (including phenoxy) is 2. The fraction of sp³-hybridized carbons (Fsp3) is 0.286. The monoisotopic (exact) mass is 381 g/mol. The van der Waals surface area contributed by atoms with Gasteiger partial charge in [0.05, 0.1) is 13.2 Å². The van der Waals surface area contributed by atoms with Crippen molar-refractivity contribution in [2.24, 2.45) is 0 Å². The van der Waals surface area contributed by atoms with Gasteiger partial charge in [-0.25, -0.2) is 0 Å². The first-order chi connectivity index (χ1) is 13.6. The van der Waals surface area contributed by atoms with Crippen LogP contribution in [0.5, 0.6) is 11.6 Å². The highest BCUT2D eigenvalue weighted by Crippen LogP contribution is 2.20. The molecule has 0 radical (unpaired) electrons. The predicted octanol–water partition coefficient (Wildman–Crippen LogP) is 3.32. The van der Waals surface area contributed by atoms with Crippen LogP contribution >= 0.6 is 0 Å². The predicted molar refractivity (Wildman–Crippen MR) is 103 cm³/mol. The molecule has 1 aromatic carbocycles. The van der Waals surface area contributed by atoms with E-state index >= 15 is 0 Å². The van der Waals surface area contributed by atoms with E-state index in [4.69, 9.17) is 14.6 Å². The molecule has 0 spiro atoms. The van der Waals surface area contributed by atoms with Gasteiger partial charge in [-0.3, -0.25) is 14.5 Å². The number of nitrogens with zero attached hydrogens (tertiary/aromatic N) is 3. The zero-order chi connectivity index (χ0) is 19.8. The second-order valence-electron chi connectivity index (χ2n) is 6.28. The molecular formula is C21H23N3O4. The Morgan fingerprint density at radius 2 is 1.96 bits per heavy atom. The zero-order valence-corrected chi connectivity index (χ0v) is 15.7. The molecule has 2 aromatic heterocycles. The third-order valence-electron chi connectivity index (χ3n) is 4.08. The van der Waals surface area contributed by atoms with Crippen molar-refractivity contribution in [1.29, 1.82) is 0 Å². The molecule has 146 valence electrons. The molecule has 0 aliphatic heterocycles. The van der Waals surface area contributed by atoms with Crippen LogP contribution in [0.4, 0.5) is 0 Å². The zero-order valence-electron chi connectivity index (χ0n) is 15.7. The molecule has 1 N–H and O–H groups in total. The first-order valence-electron chi connectivity index (χ1n) is 9.15. The Balaban J connectivity index is 1.61. The van der Waals surface area contributed by atoms with Crippen molar-refractivity contribution in [2.75, 3.05) is 6.61 Å². The summed E-state index contributed by atoms with van der Waals surface area (Å²) in [5, 5.41) is 13.3. The molecule has 0 saturated carbocycles. The van der Waals surface area contributed by atoms with Crippen LogP contribution in [0, 0.1) is 0 Å². The SMILES string of the molecule is CCOc1nn(Cc2ccc(OCc3cccnc3)cc2)cc1CCC(=O)O. The van der Waals surface area contributed by atoms with Gasteiger partial charge in [0.2, 0.25) is 5.88 Å². The fourth-order valence-electron chi connectivity index (χ4n) is 2.73. The molecule has 3 rings (SSSR count). The molecule has 28 heavy (non-hydrogen) atoms. The Morgan fingerprint density at radius 3 is 2.64 bits per heavy atom. The standard InChI is InChI=1S/C21H23N3O4/c1-2-27-21-18(7-10-20(25)26)14-24(23-21)13-16-5-8-19(9-6-16)28-15-17-4-3-11-22-12-17/h3-6,8-9,11-12,14H,2,7,10,13,15H2,1H3,(H,25,26). The van der Waals surface area contributed by atoms with Crippen LogP contribution in [0.15, 0.2) is 55.0 Å². The normalized spacial score (nSPS) is 10.6. The number of rotatable bonds is 10. The van der Waals surface area contributed by atoms with Crippen molar-refractivity contribution in [3.63, 3.8) is 0 Å². The van der Waals surface area contributed by atoms with Crippen LogP contribution in [0.3, 0.4) is 0 Å². The summed E-state index contributed by atoms with van der Waals surface area (Å²) in [5.74, 6) is 0.447. The smallest absolute Gasteiger partial charge is 0.303 e. The molecular weight excluding hydrogens is 358 g/mol. The van der Waals surface area contributed by atoms with E-state index in [9.17, 15) is 4.79 Å². The van der Waals surface area contributed by atoms with Crippen molar-refractivity contribution in [3.8, 4) is 11.6 Å². The number of pyridine rings is 1. The summed E-state index contributed by atoms with van der Waals surface area (Å²) in [6.45, 7) is 3.40. The Hall–Kier alpha value is -3.35. The Morgan fingerprint density at radius 1 is 1.14 bits per heavy atom. The van der Waals surface area contributed by atoms with Gasteiger partial charge in [-0.2, -0.15) is 0 Å². The van der Waals surface area contributed by atoms with E-state index in [0.717, 1.165) is 22.4 Å². The van der Waals surface area contributed by atoms with E-state index in [2.05, 4.69) is 10.1 Å². The third kappa shape index (κ3) is 5.57. The molecule has 3 aromatic rings. The Kier molecular flexibility index (Phi) is 6.62. The van der Waals surface area contributed by atoms with Gasteiger partial charge >= 0.3 is 5.97 Å². The first-order valence-corrected chi connectivity index (χ1v) is 9.15. The largest absolute Gasteiger partial charge is 0.489 e. The summed E-state index contributed by atoms with van der Waals surface area (Å²) in [4.78, 5) is 14.9. The summed E-state index contributed by atoms with van der Waals surface area (Å²) in [6, 6.07) is 11.7. The first kappa shape index (κ1) is 19.4. The molecule has 0 amide bonds. The van der Waals surface area contributed by atoms with Crippen LogP contribution in [0.25, 0.3) is 0 Å². The topological polar surface area (TPSA) is 86.5 Å². The summed E-state index contributed by atoms with van der Waals surface area (Å²) in [5.41, 5.74) is 2.88. The lowest BCUT2D eigenvalue weighted by atomic mass is 10.2. The molecule has 2 heterocycles. The highest BCUT2D eigenvalue weighted by molar-refractivity contribution is 5.67. The lowest BCUT2D eigenvalue weighted by molar-refractivity contribution is -0.136. The molecule has 0 aliphatic carbocycles. The lowest BCUT2D eigenvalue weighted by Gasteiger charge is -2.07. The number of aryl methyl sites for hydroxylation is 1. The number of carboxylic acid groups (broad SMARTS) is 1. The minimum atomic E-state index is -0.836. The van der Waals surface area contributed by atoms with Gasteiger partial charge in [-0.15, -0.1) is 5.10 Å². The maximum atomic E-state index is 10.8. The van der Waals surface area contributed by atoms with Gasteiger partial charge in [0, 0.05) is 36.1 Å². The summed E-state index contributed by atoms with van der Waals surface area (Å²) in [6.07, 6.45) is 5.81. The van der Waals surface area contributed by atoms with E-state index in [0.29, 0.717) is 32.1 Å². The quantitative estimate of drug-likeness (QED) is 0.580. The van der Waals surface area contributed by atoms with Gasteiger partial charge in [-0.1, -0.05) is 18.2 Å².